The summed E-state index contributed by atoms with van der Waals surface area (Å²) >= 11 is 5.73. The minimum Gasteiger partial charge on any atom is -0.360 e. The monoisotopic (exact) mass is 262 g/mol. The molecule has 0 radical (unpaired) electrons. The first kappa shape index (κ1) is 12.4. The fourth-order valence-electron chi connectivity index (χ4n) is 1.35. The number of hydrogen-bond acceptors (Lipinski definition) is 3. The summed E-state index contributed by atoms with van der Waals surface area (Å²) in [6.07, 6.45) is 1.77. The van der Waals surface area contributed by atoms with E-state index >= 15 is 0 Å². The van der Waals surface area contributed by atoms with Gasteiger partial charge in [0.05, 0.1) is 11.3 Å². The van der Waals surface area contributed by atoms with Crippen molar-refractivity contribution < 1.29 is 9.63 Å². The van der Waals surface area contributed by atoms with Crippen molar-refractivity contribution in [1.29, 1.82) is 0 Å². The van der Waals surface area contributed by atoms with Gasteiger partial charge in [0, 0.05) is 11.2 Å². The second-order valence-electron chi connectivity index (χ2n) is 3.65. The van der Waals surface area contributed by atoms with Gasteiger partial charge < -0.3 is 9.82 Å². The van der Waals surface area contributed by atoms with Gasteiger partial charge in [-0.05, 0) is 43.3 Å². The minimum absolute atomic E-state index is 0.405. The maximum atomic E-state index is 11.6. The van der Waals surface area contributed by atoms with E-state index in [2.05, 4.69) is 10.1 Å². The summed E-state index contributed by atoms with van der Waals surface area (Å²) in [7, 11) is 0. The molecule has 2 aromatic rings. The number of hydrogen-bond donors (Lipinski definition) is 1. The van der Waals surface area contributed by atoms with E-state index in [1.807, 2.05) is 12.1 Å². The normalized spacial score (nSPS) is 11.3. The molecule has 0 aliphatic rings. The van der Waals surface area contributed by atoms with Crippen molar-refractivity contribution in [2.45, 2.75) is 6.92 Å². The lowest BCUT2D eigenvalue weighted by Gasteiger charge is -1.99. The lowest BCUT2D eigenvalue weighted by Crippen LogP contribution is -2.03. The van der Waals surface area contributed by atoms with E-state index in [0.29, 0.717) is 16.3 Å². The molecular formula is C13H11ClN2O2. The van der Waals surface area contributed by atoms with Crippen LogP contribution in [0, 0.1) is 0 Å². The van der Waals surface area contributed by atoms with Gasteiger partial charge in [0.15, 0.2) is 0 Å². The second kappa shape index (κ2) is 5.51. The molecule has 0 saturated heterocycles. The van der Waals surface area contributed by atoms with Crippen LogP contribution in [0.1, 0.15) is 23.0 Å². The molecule has 92 valence electrons. The van der Waals surface area contributed by atoms with Gasteiger partial charge in [-0.1, -0.05) is 16.8 Å². The highest BCUT2D eigenvalue weighted by molar-refractivity contribution is 6.30. The number of nitrogens with zero attached hydrogens (tertiary/aromatic N) is 1. The van der Waals surface area contributed by atoms with Gasteiger partial charge in [0.25, 0.3) is 0 Å². The average molecular weight is 263 g/mol. The fourth-order valence-corrected chi connectivity index (χ4v) is 1.48. The van der Waals surface area contributed by atoms with Gasteiger partial charge in [-0.25, -0.2) is 4.79 Å². The Hall–Kier alpha value is -2.07. The predicted octanol–water partition coefficient (Wildman–Crippen LogP) is 3.25. The molecule has 0 atom stereocenters. The largest absolute Gasteiger partial charge is 0.365 e. The van der Waals surface area contributed by atoms with Crippen molar-refractivity contribution in [3.63, 3.8) is 0 Å². The quantitative estimate of drug-likeness (QED) is 0.524. The Kier molecular flexibility index (Phi) is 3.79. The number of nitrogens with one attached hydrogen (secondary N) is 1. The number of rotatable bonds is 3. The van der Waals surface area contributed by atoms with Crippen LogP contribution in [0.2, 0.25) is 5.02 Å². The second-order valence-corrected chi connectivity index (χ2v) is 4.08. The molecule has 18 heavy (non-hydrogen) atoms. The van der Waals surface area contributed by atoms with E-state index in [-0.39, 0.29) is 0 Å². The summed E-state index contributed by atoms with van der Waals surface area (Å²) in [5.41, 5.74) is 1.81. The summed E-state index contributed by atoms with van der Waals surface area (Å²) in [5, 5.41) is 4.34. The SMILES string of the molecule is C/C(=N\OC(=O)c1ccc(Cl)cc1)c1ccc[nH]1. The van der Waals surface area contributed by atoms with Crippen LogP contribution >= 0.6 is 11.6 Å². The van der Waals surface area contributed by atoms with Crippen LogP contribution in [-0.4, -0.2) is 16.7 Å². The number of carbonyl (C=O) groups excluding carboxylic acids is 1. The molecule has 1 heterocycles. The molecule has 1 aromatic heterocycles. The maximum Gasteiger partial charge on any atom is 0.365 e. The van der Waals surface area contributed by atoms with Crippen LogP contribution in [-0.2, 0) is 4.84 Å². The van der Waals surface area contributed by atoms with Gasteiger partial charge >= 0.3 is 5.97 Å². The highest BCUT2D eigenvalue weighted by Gasteiger charge is 2.07. The minimum atomic E-state index is -0.516. The summed E-state index contributed by atoms with van der Waals surface area (Å²) in [4.78, 5) is 19.5. The number of aromatic nitrogens is 1. The first-order valence-electron chi connectivity index (χ1n) is 5.32. The highest BCUT2D eigenvalue weighted by Crippen LogP contribution is 2.10. The number of oxime groups is 1. The van der Waals surface area contributed by atoms with Crippen molar-refractivity contribution in [1.82, 2.24) is 4.98 Å². The molecule has 5 heteroatoms. The fraction of sp³-hybridized carbons (Fsp3) is 0.0769. The number of halogens is 1. The number of benzene rings is 1. The standard InChI is InChI=1S/C13H11ClN2O2/c1-9(12-3-2-8-15-12)16-18-13(17)10-4-6-11(14)7-5-10/h2-8,15H,1H3/b16-9+. The van der Waals surface area contributed by atoms with Crippen LogP contribution in [0.3, 0.4) is 0 Å². The average Bonchev–Trinajstić information content (AvgIpc) is 2.90. The molecule has 0 aliphatic heterocycles. The summed E-state index contributed by atoms with van der Waals surface area (Å²) in [5.74, 6) is -0.516. The molecule has 0 saturated carbocycles. The van der Waals surface area contributed by atoms with Crippen molar-refractivity contribution in [2.24, 2.45) is 5.16 Å². The number of aromatic amines is 1. The van der Waals surface area contributed by atoms with Gasteiger partial charge in [-0.15, -0.1) is 0 Å². The Morgan fingerprint density at radius 1 is 1.28 bits per heavy atom. The third-order valence-electron chi connectivity index (χ3n) is 2.33. The first-order chi connectivity index (χ1) is 8.66. The van der Waals surface area contributed by atoms with E-state index < -0.39 is 5.97 Å². The number of H-pyrrole nitrogens is 1. The van der Waals surface area contributed by atoms with Gasteiger partial charge in [-0.3, -0.25) is 0 Å². The molecule has 0 amide bonds. The summed E-state index contributed by atoms with van der Waals surface area (Å²) < 4.78 is 0. The predicted molar refractivity (Wildman–Crippen MR) is 69.9 cm³/mol. The molecular weight excluding hydrogens is 252 g/mol. The third kappa shape index (κ3) is 2.99. The number of carbonyl (C=O) groups is 1. The van der Waals surface area contributed by atoms with Crippen molar-refractivity contribution in [2.75, 3.05) is 0 Å². The molecule has 4 nitrogen and oxygen atoms in total. The Labute approximate surface area is 109 Å². The van der Waals surface area contributed by atoms with Gasteiger partial charge in [0.2, 0.25) is 0 Å². The smallest absolute Gasteiger partial charge is 0.360 e. The molecule has 0 fully saturated rings. The lowest BCUT2D eigenvalue weighted by molar-refractivity contribution is 0.0516. The molecule has 0 aliphatic carbocycles. The highest BCUT2D eigenvalue weighted by atomic mass is 35.5. The van der Waals surface area contributed by atoms with Crippen molar-refractivity contribution >= 4 is 23.3 Å². The summed E-state index contributed by atoms with van der Waals surface area (Å²) in [6.45, 7) is 1.75. The zero-order valence-corrected chi connectivity index (χ0v) is 10.4. The van der Waals surface area contributed by atoms with Crippen molar-refractivity contribution in [3.8, 4) is 0 Å². The maximum absolute atomic E-state index is 11.6. The van der Waals surface area contributed by atoms with Gasteiger partial charge in [-0.2, -0.15) is 0 Å². The Morgan fingerprint density at radius 2 is 2.00 bits per heavy atom. The van der Waals surface area contributed by atoms with E-state index in [4.69, 9.17) is 16.4 Å². The van der Waals surface area contributed by atoms with Crippen LogP contribution in [0.25, 0.3) is 0 Å². The Bertz CT molecular complexity index is 559. The first-order valence-corrected chi connectivity index (χ1v) is 5.70. The molecule has 1 aromatic carbocycles. The van der Waals surface area contributed by atoms with Crippen LogP contribution < -0.4 is 0 Å². The molecule has 1 N–H and O–H groups in total. The van der Waals surface area contributed by atoms with Gasteiger partial charge in [0.1, 0.15) is 5.71 Å². The van der Waals surface area contributed by atoms with Crippen LogP contribution in [0.15, 0.2) is 47.8 Å². The Morgan fingerprint density at radius 3 is 2.61 bits per heavy atom. The lowest BCUT2D eigenvalue weighted by atomic mass is 10.2. The van der Waals surface area contributed by atoms with E-state index in [0.717, 1.165) is 5.69 Å². The van der Waals surface area contributed by atoms with Crippen molar-refractivity contribution in [3.05, 3.63) is 58.9 Å². The topological polar surface area (TPSA) is 54.4 Å². The zero-order chi connectivity index (χ0) is 13.0. The molecule has 0 spiro atoms. The van der Waals surface area contributed by atoms with E-state index in [1.165, 1.54) is 0 Å². The molecule has 0 bridgehead atoms. The van der Waals surface area contributed by atoms with Crippen LogP contribution in [0.4, 0.5) is 0 Å². The molecule has 2 rings (SSSR count). The van der Waals surface area contributed by atoms with E-state index in [9.17, 15) is 4.79 Å². The third-order valence-corrected chi connectivity index (χ3v) is 2.59. The zero-order valence-electron chi connectivity index (χ0n) is 9.68. The van der Waals surface area contributed by atoms with E-state index in [1.54, 1.807) is 37.4 Å². The summed E-state index contributed by atoms with van der Waals surface area (Å²) in [6, 6.07) is 10.1. The van der Waals surface area contributed by atoms with Crippen LogP contribution in [0.5, 0.6) is 0 Å². The molecule has 0 unspecified atom stereocenters. The Balaban J connectivity index is 2.04.